The van der Waals surface area contributed by atoms with Crippen molar-refractivity contribution in [2.75, 3.05) is 40.8 Å². The summed E-state index contributed by atoms with van der Waals surface area (Å²) in [7, 11) is 5.65. The van der Waals surface area contributed by atoms with Crippen LogP contribution in [0.5, 0.6) is 0 Å². The summed E-state index contributed by atoms with van der Waals surface area (Å²) in [5.41, 5.74) is 0. The van der Waals surface area contributed by atoms with E-state index in [0.29, 0.717) is 6.54 Å². The maximum Gasteiger partial charge on any atom is 0.237 e. The third kappa shape index (κ3) is 4.15. The molecule has 0 aromatic rings. The van der Waals surface area contributed by atoms with Crippen LogP contribution in [0.25, 0.3) is 0 Å². The molecule has 1 amide bonds. The van der Waals surface area contributed by atoms with Crippen LogP contribution in [0.15, 0.2) is 0 Å². The van der Waals surface area contributed by atoms with E-state index in [-0.39, 0.29) is 18.1 Å². The number of ether oxygens (including phenoxy) is 1. The molecule has 0 saturated carbocycles. The Bertz CT molecular complexity index is 209. The number of rotatable bonds is 5. The van der Waals surface area contributed by atoms with Gasteiger partial charge in [-0.1, -0.05) is 0 Å². The predicted molar refractivity (Wildman–Crippen MR) is 58.8 cm³/mol. The van der Waals surface area contributed by atoms with E-state index < -0.39 is 0 Å². The van der Waals surface area contributed by atoms with Crippen molar-refractivity contribution in [3.63, 3.8) is 0 Å². The van der Waals surface area contributed by atoms with Crippen molar-refractivity contribution in [2.24, 2.45) is 0 Å². The van der Waals surface area contributed by atoms with Crippen LogP contribution in [0, 0.1) is 0 Å². The van der Waals surface area contributed by atoms with Crippen LogP contribution in [0.1, 0.15) is 6.42 Å². The van der Waals surface area contributed by atoms with E-state index in [1.54, 1.807) is 7.11 Å². The highest BCUT2D eigenvalue weighted by Gasteiger charge is 2.28. The van der Waals surface area contributed by atoms with Gasteiger partial charge < -0.3 is 20.3 Å². The van der Waals surface area contributed by atoms with Gasteiger partial charge in [0.1, 0.15) is 0 Å². The van der Waals surface area contributed by atoms with E-state index in [1.807, 2.05) is 19.0 Å². The van der Waals surface area contributed by atoms with Gasteiger partial charge in [-0.3, -0.25) is 4.79 Å². The molecule has 0 aromatic carbocycles. The Labute approximate surface area is 91.2 Å². The molecule has 5 nitrogen and oxygen atoms in total. The zero-order valence-electron chi connectivity index (χ0n) is 9.75. The lowest BCUT2D eigenvalue weighted by Crippen LogP contribution is -2.42. The second-order valence-corrected chi connectivity index (χ2v) is 4.15. The minimum Gasteiger partial charge on any atom is -0.380 e. The van der Waals surface area contributed by atoms with Crippen LogP contribution >= 0.6 is 0 Å². The number of hydrogen-bond acceptors (Lipinski definition) is 4. The first-order chi connectivity index (χ1) is 7.13. The molecule has 1 aliphatic heterocycles. The van der Waals surface area contributed by atoms with Crippen molar-refractivity contribution >= 4 is 5.91 Å². The van der Waals surface area contributed by atoms with Crippen molar-refractivity contribution in [2.45, 2.75) is 18.6 Å². The molecule has 1 fully saturated rings. The van der Waals surface area contributed by atoms with Gasteiger partial charge in [0.2, 0.25) is 5.91 Å². The van der Waals surface area contributed by atoms with E-state index in [0.717, 1.165) is 19.5 Å². The van der Waals surface area contributed by atoms with Gasteiger partial charge in [-0.25, -0.2) is 0 Å². The van der Waals surface area contributed by atoms with Crippen molar-refractivity contribution in [1.82, 2.24) is 15.5 Å². The molecular formula is C10H21N3O2. The number of likely N-dealkylation sites (N-methyl/N-ethyl adjacent to an activating group) is 1. The highest BCUT2D eigenvalue weighted by atomic mass is 16.5. The fourth-order valence-corrected chi connectivity index (χ4v) is 1.61. The van der Waals surface area contributed by atoms with Gasteiger partial charge >= 0.3 is 0 Å². The monoisotopic (exact) mass is 215 g/mol. The first-order valence-corrected chi connectivity index (χ1v) is 5.32. The van der Waals surface area contributed by atoms with Crippen molar-refractivity contribution in [1.29, 1.82) is 0 Å². The molecule has 2 N–H and O–H groups in total. The molecule has 2 unspecified atom stereocenters. The maximum absolute atomic E-state index is 11.6. The van der Waals surface area contributed by atoms with Crippen LogP contribution < -0.4 is 10.6 Å². The van der Waals surface area contributed by atoms with Gasteiger partial charge in [-0.05, 0) is 20.5 Å². The van der Waals surface area contributed by atoms with E-state index in [1.165, 1.54) is 0 Å². The summed E-state index contributed by atoms with van der Waals surface area (Å²) in [6.45, 7) is 2.33. The predicted octanol–water partition coefficient (Wildman–Crippen LogP) is -0.959. The lowest BCUT2D eigenvalue weighted by atomic mass is 10.2. The molecule has 88 valence electrons. The van der Waals surface area contributed by atoms with Crippen LogP contribution in [-0.4, -0.2) is 63.8 Å². The van der Waals surface area contributed by atoms with Crippen LogP contribution in [0.4, 0.5) is 0 Å². The van der Waals surface area contributed by atoms with Gasteiger partial charge in [0, 0.05) is 26.7 Å². The third-order valence-electron chi connectivity index (χ3n) is 2.60. The molecule has 1 heterocycles. The Morgan fingerprint density at radius 1 is 1.60 bits per heavy atom. The fourth-order valence-electron chi connectivity index (χ4n) is 1.61. The Balaban J connectivity index is 2.18. The molecule has 0 radical (unpaired) electrons. The Morgan fingerprint density at radius 3 is 2.87 bits per heavy atom. The summed E-state index contributed by atoms with van der Waals surface area (Å²) < 4.78 is 5.18. The van der Waals surface area contributed by atoms with Gasteiger partial charge in [-0.15, -0.1) is 0 Å². The highest BCUT2D eigenvalue weighted by molar-refractivity contribution is 5.82. The molecular weight excluding hydrogens is 194 g/mol. The standard InChI is InChI=1S/C10H21N3O2/c1-13(2)5-4-11-10(14)9-6-8(15-3)7-12-9/h8-9,12H,4-7H2,1-3H3,(H,11,14). The summed E-state index contributed by atoms with van der Waals surface area (Å²) in [4.78, 5) is 13.7. The molecule has 0 spiro atoms. The van der Waals surface area contributed by atoms with Gasteiger partial charge in [-0.2, -0.15) is 0 Å². The molecule has 2 atom stereocenters. The Hall–Kier alpha value is -0.650. The average molecular weight is 215 g/mol. The number of carbonyl (C=O) groups is 1. The summed E-state index contributed by atoms with van der Waals surface area (Å²) in [6, 6.07) is -0.0860. The van der Waals surface area contributed by atoms with E-state index >= 15 is 0 Å². The fraction of sp³-hybridized carbons (Fsp3) is 0.900. The largest absolute Gasteiger partial charge is 0.380 e. The average Bonchev–Trinajstić information content (AvgIpc) is 2.65. The zero-order chi connectivity index (χ0) is 11.3. The zero-order valence-corrected chi connectivity index (χ0v) is 9.75. The second kappa shape index (κ2) is 6.05. The summed E-state index contributed by atoms with van der Waals surface area (Å²) >= 11 is 0. The lowest BCUT2D eigenvalue weighted by molar-refractivity contribution is -0.122. The molecule has 0 bridgehead atoms. The SMILES string of the molecule is COC1CNC(C(=O)NCCN(C)C)C1. The number of amides is 1. The molecule has 5 heteroatoms. The molecule has 1 aliphatic rings. The quantitative estimate of drug-likeness (QED) is 0.620. The number of nitrogens with zero attached hydrogens (tertiary/aromatic N) is 1. The van der Waals surface area contributed by atoms with Crippen molar-refractivity contribution < 1.29 is 9.53 Å². The number of hydrogen-bond donors (Lipinski definition) is 2. The normalized spacial score (nSPS) is 25.9. The summed E-state index contributed by atoms with van der Waals surface area (Å²) in [5.74, 6) is 0.0800. The van der Waals surface area contributed by atoms with Gasteiger partial charge in [0.15, 0.2) is 0 Å². The topological polar surface area (TPSA) is 53.6 Å². The first kappa shape index (κ1) is 12.4. The minimum atomic E-state index is -0.0860. The lowest BCUT2D eigenvalue weighted by Gasteiger charge is -2.13. The van der Waals surface area contributed by atoms with Gasteiger partial charge in [0.25, 0.3) is 0 Å². The summed E-state index contributed by atoms with van der Waals surface area (Å²) in [5, 5.41) is 6.05. The van der Waals surface area contributed by atoms with Crippen molar-refractivity contribution in [3.8, 4) is 0 Å². The first-order valence-electron chi connectivity index (χ1n) is 5.32. The minimum absolute atomic E-state index is 0.0800. The molecule has 1 rings (SSSR count). The van der Waals surface area contributed by atoms with Gasteiger partial charge in [0.05, 0.1) is 12.1 Å². The number of carbonyl (C=O) groups excluding carboxylic acids is 1. The second-order valence-electron chi connectivity index (χ2n) is 4.15. The Kier molecular flexibility index (Phi) is 5.01. The van der Waals surface area contributed by atoms with E-state index in [4.69, 9.17) is 4.74 Å². The number of nitrogens with one attached hydrogen (secondary N) is 2. The van der Waals surface area contributed by atoms with Crippen LogP contribution in [0.2, 0.25) is 0 Å². The Morgan fingerprint density at radius 2 is 2.33 bits per heavy atom. The van der Waals surface area contributed by atoms with E-state index in [2.05, 4.69) is 10.6 Å². The van der Waals surface area contributed by atoms with E-state index in [9.17, 15) is 4.79 Å². The van der Waals surface area contributed by atoms with Crippen molar-refractivity contribution in [3.05, 3.63) is 0 Å². The third-order valence-corrected chi connectivity index (χ3v) is 2.60. The molecule has 1 saturated heterocycles. The van der Waals surface area contributed by atoms with Crippen LogP contribution in [-0.2, 0) is 9.53 Å². The molecule has 0 aliphatic carbocycles. The number of methoxy groups -OCH3 is 1. The highest BCUT2D eigenvalue weighted by Crippen LogP contribution is 2.09. The summed E-state index contributed by atoms with van der Waals surface area (Å²) in [6.07, 6.45) is 0.944. The molecule has 15 heavy (non-hydrogen) atoms. The smallest absolute Gasteiger partial charge is 0.237 e. The molecule has 0 aromatic heterocycles. The maximum atomic E-state index is 11.6. The van der Waals surface area contributed by atoms with Crippen LogP contribution in [0.3, 0.4) is 0 Å².